The summed E-state index contributed by atoms with van der Waals surface area (Å²) < 4.78 is 5.52. The first-order chi connectivity index (χ1) is 18.1. The summed E-state index contributed by atoms with van der Waals surface area (Å²) in [4.78, 5) is 31.5. The molecule has 1 aliphatic carbocycles. The maximum absolute atomic E-state index is 12.7. The van der Waals surface area contributed by atoms with Gasteiger partial charge >= 0.3 is 0 Å². The van der Waals surface area contributed by atoms with Crippen molar-refractivity contribution < 1.29 is 4.74 Å². The molecule has 37 heavy (non-hydrogen) atoms. The molecule has 3 aromatic heterocycles. The van der Waals surface area contributed by atoms with Gasteiger partial charge in [-0.3, -0.25) is 9.69 Å². The minimum atomic E-state index is -0.173. The highest BCUT2D eigenvalue weighted by molar-refractivity contribution is 5.95. The van der Waals surface area contributed by atoms with Crippen LogP contribution in [0.3, 0.4) is 0 Å². The number of pyridine rings is 2. The molecule has 4 heterocycles. The van der Waals surface area contributed by atoms with Crippen molar-refractivity contribution in [2.45, 2.75) is 44.6 Å². The Morgan fingerprint density at radius 1 is 1.00 bits per heavy atom. The zero-order valence-corrected chi connectivity index (χ0v) is 21.1. The van der Waals surface area contributed by atoms with Gasteiger partial charge < -0.3 is 15.0 Å². The molecule has 1 aromatic carbocycles. The lowest BCUT2D eigenvalue weighted by Gasteiger charge is -2.38. The first-order valence-corrected chi connectivity index (χ1v) is 13.1. The number of anilines is 2. The Morgan fingerprint density at radius 3 is 2.46 bits per heavy atom. The van der Waals surface area contributed by atoms with E-state index in [0.29, 0.717) is 34.7 Å². The monoisotopic (exact) mass is 496 g/mol. The van der Waals surface area contributed by atoms with Crippen molar-refractivity contribution in [2.24, 2.45) is 0 Å². The molecule has 8 heteroatoms. The summed E-state index contributed by atoms with van der Waals surface area (Å²) in [5.41, 5.74) is 3.63. The van der Waals surface area contributed by atoms with Crippen molar-refractivity contribution in [1.82, 2.24) is 24.8 Å². The molecule has 2 N–H and O–H groups in total. The Balaban J connectivity index is 1.21. The molecule has 0 amide bonds. The lowest BCUT2D eigenvalue weighted by molar-refractivity contribution is 0.00730. The fraction of sp³-hybridized carbons (Fsp3) is 0.379. The predicted molar refractivity (Wildman–Crippen MR) is 145 cm³/mol. The van der Waals surface area contributed by atoms with Gasteiger partial charge in [-0.2, -0.15) is 0 Å². The van der Waals surface area contributed by atoms with Crippen LogP contribution < -0.4 is 10.9 Å². The maximum atomic E-state index is 12.7. The zero-order valence-electron chi connectivity index (χ0n) is 21.1. The summed E-state index contributed by atoms with van der Waals surface area (Å²) in [5.74, 6) is 1.82. The second-order valence-electron chi connectivity index (χ2n) is 10.0. The Labute approximate surface area is 216 Å². The van der Waals surface area contributed by atoms with E-state index in [1.165, 1.54) is 31.2 Å². The molecule has 0 radical (unpaired) electrons. The average Bonchev–Trinajstić information content (AvgIpc) is 2.94. The van der Waals surface area contributed by atoms with Crippen LogP contribution in [0, 0.1) is 6.92 Å². The SMILES string of the molecule is Cc1ncc(-c2cc3cc[nH]c(=O)c3c(Nc3ccc(C4CCC(N5CCOCC5)CC4)cc3)n2)cn1. The van der Waals surface area contributed by atoms with Gasteiger partial charge in [0.15, 0.2) is 0 Å². The number of H-pyrrole nitrogens is 1. The Bertz CT molecular complexity index is 1420. The second kappa shape index (κ2) is 10.4. The minimum absolute atomic E-state index is 0.173. The van der Waals surface area contributed by atoms with Gasteiger partial charge in [-0.1, -0.05) is 12.1 Å². The lowest BCUT2D eigenvalue weighted by atomic mass is 9.81. The summed E-state index contributed by atoms with van der Waals surface area (Å²) in [6, 6.07) is 13.1. The Hall–Kier alpha value is -3.62. The van der Waals surface area contributed by atoms with Crippen molar-refractivity contribution in [3.05, 3.63) is 76.7 Å². The fourth-order valence-electron chi connectivity index (χ4n) is 5.67. The van der Waals surface area contributed by atoms with Crippen LogP contribution in [0.5, 0.6) is 0 Å². The molecule has 4 aromatic rings. The van der Waals surface area contributed by atoms with Gasteiger partial charge in [-0.15, -0.1) is 0 Å². The van der Waals surface area contributed by atoms with Gasteiger partial charge in [0.05, 0.1) is 24.3 Å². The summed E-state index contributed by atoms with van der Waals surface area (Å²) >= 11 is 0. The molecule has 8 nitrogen and oxygen atoms in total. The smallest absolute Gasteiger partial charge is 0.259 e. The van der Waals surface area contributed by atoms with Gasteiger partial charge in [-0.05, 0) is 73.7 Å². The minimum Gasteiger partial charge on any atom is -0.379 e. The van der Waals surface area contributed by atoms with Gasteiger partial charge in [0.1, 0.15) is 11.6 Å². The van der Waals surface area contributed by atoms with Gasteiger partial charge in [-0.25, -0.2) is 15.0 Å². The Kier molecular flexibility index (Phi) is 6.68. The number of morpholine rings is 1. The van der Waals surface area contributed by atoms with E-state index >= 15 is 0 Å². The van der Waals surface area contributed by atoms with Crippen LogP contribution in [-0.2, 0) is 4.74 Å². The number of benzene rings is 1. The summed E-state index contributed by atoms with van der Waals surface area (Å²) in [6.45, 7) is 5.72. The highest BCUT2D eigenvalue weighted by Gasteiger charge is 2.27. The van der Waals surface area contributed by atoms with E-state index in [1.54, 1.807) is 18.6 Å². The van der Waals surface area contributed by atoms with Gasteiger partial charge in [0.2, 0.25) is 0 Å². The third-order valence-corrected chi connectivity index (χ3v) is 7.73. The standard InChI is InChI=1S/C29H32N6O2/c1-19-31-17-23(18-32-19)26-16-22-10-11-30-29(36)27(22)28(34-26)33-24-6-2-20(3-7-24)21-4-8-25(9-5-21)35-12-14-37-15-13-35/h2-3,6-7,10-11,16-18,21,25H,4-5,8-9,12-15H2,1H3,(H,30,36)(H,33,34). The normalized spacial score (nSPS) is 20.7. The fourth-order valence-corrected chi connectivity index (χ4v) is 5.67. The highest BCUT2D eigenvalue weighted by atomic mass is 16.5. The number of fused-ring (bicyclic) bond motifs is 1. The third-order valence-electron chi connectivity index (χ3n) is 7.73. The number of nitrogens with zero attached hydrogens (tertiary/aromatic N) is 4. The molecule has 0 spiro atoms. The molecule has 0 unspecified atom stereocenters. The quantitative estimate of drug-likeness (QED) is 0.410. The van der Waals surface area contributed by atoms with E-state index in [4.69, 9.17) is 9.72 Å². The van der Waals surface area contributed by atoms with Crippen LogP contribution in [0.2, 0.25) is 0 Å². The second-order valence-corrected chi connectivity index (χ2v) is 10.0. The summed E-state index contributed by atoms with van der Waals surface area (Å²) in [5, 5.41) is 4.74. The molecule has 0 atom stereocenters. The first-order valence-electron chi connectivity index (χ1n) is 13.1. The van der Waals surface area contributed by atoms with Crippen molar-refractivity contribution in [1.29, 1.82) is 0 Å². The third kappa shape index (κ3) is 5.12. The van der Waals surface area contributed by atoms with E-state index in [2.05, 4.69) is 49.4 Å². The number of nitrogens with one attached hydrogen (secondary N) is 2. The van der Waals surface area contributed by atoms with E-state index < -0.39 is 0 Å². The van der Waals surface area contributed by atoms with E-state index in [-0.39, 0.29) is 5.56 Å². The lowest BCUT2D eigenvalue weighted by Crippen LogP contribution is -2.44. The van der Waals surface area contributed by atoms with E-state index in [9.17, 15) is 4.79 Å². The number of rotatable bonds is 5. The van der Waals surface area contributed by atoms with Crippen molar-refractivity contribution >= 4 is 22.3 Å². The summed E-state index contributed by atoms with van der Waals surface area (Å²) in [7, 11) is 0. The van der Waals surface area contributed by atoms with Crippen molar-refractivity contribution in [3.63, 3.8) is 0 Å². The number of aromatic nitrogens is 4. The van der Waals surface area contributed by atoms with Crippen LogP contribution >= 0.6 is 0 Å². The van der Waals surface area contributed by atoms with Crippen LogP contribution in [0.1, 0.15) is 43.0 Å². The molecule has 1 saturated heterocycles. The predicted octanol–water partition coefficient (Wildman–Crippen LogP) is 4.79. The van der Waals surface area contributed by atoms with Gasteiger partial charge in [0, 0.05) is 49.0 Å². The number of ether oxygens (including phenoxy) is 1. The van der Waals surface area contributed by atoms with Crippen LogP contribution in [0.4, 0.5) is 11.5 Å². The first kappa shape index (κ1) is 23.8. The number of aromatic amines is 1. The molecular weight excluding hydrogens is 464 g/mol. The zero-order chi connectivity index (χ0) is 25.2. The molecule has 6 rings (SSSR count). The van der Waals surface area contributed by atoms with Crippen molar-refractivity contribution in [2.75, 3.05) is 31.6 Å². The molecule has 2 fully saturated rings. The van der Waals surface area contributed by atoms with Gasteiger partial charge in [0.25, 0.3) is 5.56 Å². The topological polar surface area (TPSA) is 96.0 Å². The number of aryl methyl sites for hydroxylation is 1. The molecule has 0 bridgehead atoms. The maximum Gasteiger partial charge on any atom is 0.259 e. The average molecular weight is 497 g/mol. The Morgan fingerprint density at radius 2 is 1.73 bits per heavy atom. The number of hydrogen-bond acceptors (Lipinski definition) is 7. The number of hydrogen-bond donors (Lipinski definition) is 2. The molecule has 1 aliphatic heterocycles. The molecule has 1 saturated carbocycles. The van der Waals surface area contributed by atoms with E-state index in [0.717, 1.165) is 42.9 Å². The summed E-state index contributed by atoms with van der Waals surface area (Å²) in [6.07, 6.45) is 10.1. The van der Waals surface area contributed by atoms with Crippen LogP contribution in [0.25, 0.3) is 22.0 Å². The molecule has 2 aliphatic rings. The van der Waals surface area contributed by atoms with E-state index in [1.807, 2.05) is 19.1 Å². The van der Waals surface area contributed by atoms with Crippen LogP contribution in [-0.4, -0.2) is 57.2 Å². The van der Waals surface area contributed by atoms with Crippen molar-refractivity contribution in [3.8, 4) is 11.3 Å². The van der Waals surface area contributed by atoms with Crippen LogP contribution in [0.15, 0.2) is 59.8 Å². The highest BCUT2D eigenvalue weighted by Crippen LogP contribution is 2.36. The molecule has 190 valence electrons. The molecular formula is C29H32N6O2. The largest absolute Gasteiger partial charge is 0.379 e.